The number of aliphatic hydroxyl groups excluding tert-OH is 4. The average Bonchev–Trinajstić information content (AvgIpc) is 3.06. The molecule has 0 aliphatic heterocycles. The standard InChI is InChI=1S/C26H46O4/c1-14(13-27)10-15(2)18-6-7-19-23-21(12-22(29)26(18,19)5)25(4)9-8-17(28)11-20(25)16(3)24(23)30/h14-24,27-30H,6-13H2,1-5H3. The first-order valence-electron chi connectivity index (χ1n) is 12.7. The summed E-state index contributed by atoms with van der Waals surface area (Å²) in [6.07, 6.45) is 5.80. The molecule has 30 heavy (non-hydrogen) atoms. The molecule has 0 amide bonds. The van der Waals surface area contributed by atoms with Gasteiger partial charge >= 0.3 is 0 Å². The zero-order chi connectivity index (χ0) is 22.0. The maximum atomic E-state index is 11.6. The van der Waals surface area contributed by atoms with Gasteiger partial charge in [0.1, 0.15) is 0 Å². The highest BCUT2D eigenvalue weighted by molar-refractivity contribution is 5.15. The quantitative estimate of drug-likeness (QED) is 0.555. The van der Waals surface area contributed by atoms with Crippen molar-refractivity contribution in [3.8, 4) is 0 Å². The molecule has 0 saturated heterocycles. The summed E-state index contributed by atoms with van der Waals surface area (Å²) in [6.45, 7) is 11.6. The Morgan fingerprint density at radius 2 is 1.63 bits per heavy atom. The van der Waals surface area contributed by atoms with Crippen LogP contribution < -0.4 is 0 Å². The maximum Gasteiger partial charge on any atom is 0.0602 e. The van der Waals surface area contributed by atoms with Crippen LogP contribution in [0, 0.1) is 58.2 Å². The minimum Gasteiger partial charge on any atom is -0.396 e. The number of hydrogen-bond donors (Lipinski definition) is 4. The van der Waals surface area contributed by atoms with Crippen LogP contribution in [0.4, 0.5) is 0 Å². The van der Waals surface area contributed by atoms with Gasteiger partial charge in [-0.05, 0) is 103 Å². The van der Waals surface area contributed by atoms with E-state index < -0.39 is 0 Å². The summed E-state index contributed by atoms with van der Waals surface area (Å²) in [6, 6.07) is 0. The summed E-state index contributed by atoms with van der Waals surface area (Å²) in [5, 5.41) is 43.1. The van der Waals surface area contributed by atoms with Gasteiger partial charge in [0.15, 0.2) is 0 Å². The van der Waals surface area contributed by atoms with E-state index in [0.29, 0.717) is 35.5 Å². The van der Waals surface area contributed by atoms with Gasteiger partial charge in [-0.2, -0.15) is 0 Å². The van der Waals surface area contributed by atoms with Crippen LogP contribution in [0.1, 0.15) is 79.6 Å². The Morgan fingerprint density at radius 1 is 0.933 bits per heavy atom. The van der Waals surface area contributed by atoms with Crippen molar-refractivity contribution in [1.82, 2.24) is 0 Å². The molecule has 4 N–H and O–H groups in total. The van der Waals surface area contributed by atoms with Crippen LogP contribution in [0.15, 0.2) is 0 Å². The normalized spacial score (nSPS) is 55.3. The minimum atomic E-state index is -0.333. The lowest BCUT2D eigenvalue weighted by atomic mass is 9.41. The molecule has 0 spiro atoms. The van der Waals surface area contributed by atoms with Crippen LogP contribution in [0.5, 0.6) is 0 Å². The summed E-state index contributed by atoms with van der Waals surface area (Å²) in [4.78, 5) is 0. The second kappa shape index (κ2) is 8.01. The second-order valence-electron chi connectivity index (χ2n) is 12.5. The number of aliphatic hydroxyl groups is 4. The molecule has 4 rings (SSSR count). The van der Waals surface area contributed by atoms with Gasteiger partial charge in [-0.15, -0.1) is 0 Å². The van der Waals surface area contributed by atoms with Crippen molar-refractivity contribution in [2.75, 3.05) is 6.61 Å². The third-order valence-electron chi connectivity index (χ3n) is 11.1. The maximum absolute atomic E-state index is 11.6. The molecular formula is C26H46O4. The van der Waals surface area contributed by atoms with E-state index in [1.807, 2.05) is 0 Å². The molecule has 0 heterocycles. The summed E-state index contributed by atoms with van der Waals surface area (Å²) in [5.74, 6) is 2.74. The van der Waals surface area contributed by atoms with Crippen LogP contribution in [0.3, 0.4) is 0 Å². The molecule has 4 aliphatic carbocycles. The van der Waals surface area contributed by atoms with Gasteiger partial charge in [0, 0.05) is 6.61 Å². The van der Waals surface area contributed by atoms with Gasteiger partial charge in [0.2, 0.25) is 0 Å². The van der Waals surface area contributed by atoms with Crippen LogP contribution in [-0.4, -0.2) is 45.3 Å². The summed E-state index contributed by atoms with van der Waals surface area (Å²) >= 11 is 0. The average molecular weight is 423 g/mol. The zero-order valence-corrected chi connectivity index (χ0v) is 19.8. The first-order valence-corrected chi connectivity index (χ1v) is 12.7. The molecule has 13 unspecified atom stereocenters. The van der Waals surface area contributed by atoms with E-state index in [9.17, 15) is 20.4 Å². The fourth-order valence-corrected chi connectivity index (χ4v) is 9.45. The first kappa shape index (κ1) is 23.0. The van der Waals surface area contributed by atoms with E-state index in [1.54, 1.807) is 0 Å². The fraction of sp³-hybridized carbons (Fsp3) is 1.00. The van der Waals surface area contributed by atoms with Crippen molar-refractivity contribution in [1.29, 1.82) is 0 Å². The zero-order valence-electron chi connectivity index (χ0n) is 19.8. The lowest BCUT2D eigenvalue weighted by molar-refractivity contribution is -0.225. The number of fused-ring (bicyclic) bond motifs is 5. The van der Waals surface area contributed by atoms with Crippen LogP contribution in [-0.2, 0) is 0 Å². The van der Waals surface area contributed by atoms with Gasteiger partial charge < -0.3 is 20.4 Å². The summed E-state index contributed by atoms with van der Waals surface area (Å²) in [5.41, 5.74) is -0.0339. The molecule has 174 valence electrons. The molecule has 4 heteroatoms. The third kappa shape index (κ3) is 3.23. The number of rotatable bonds is 4. The molecule has 0 aromatic carbocycles. The lowest BCUT2D eigenvalue weighted by Crippen LogP contribution is -2.64. The minimum absolute atomic E-state index is 0.111. The SMILES string of the molecule is CC(CO)CC(C)C1CCC2C3C(O)C(C)C4CC(O)CCC4(C)C3CC(O)C12C. The predicted octanol–water partition coefficient (Wildman–Crippen LogP) is 3.85. The number of hydrogen-bond acceptors (Lipinski definition) is 4. The third-order valence-corrected chi connectivity index (χ3v) is 11.1. The van der Waals surface area contributed by atoms with E-state index in [2.05, 4.69) is 34.6 Å². The van der Waals surface area contributed by atoms with E-state index in [0.717, 1.165) is 44.9 Å². The molecule has 0 radical (unpaired) electrons. The van der Waals surface area contributed by atoms with Crippen molar-refractivity contribution in [2.45, 2.75) is 97.9 Å². The van der Waals surface area contributed by atoms with E-state index in [-0.39, 0.29) is 47.6 Å². The largest absolute Gasteiger partial charge is 0.396 e. The summed E-state index contributed by atoms with van der Waals surface area (Å²) < 4.78 is 0. The molecule has 0 bridgehead atoms. The van der Waals surface area contributed by atoms with Crippen LogP contribution in [0.2, 0.25) is 0 Å². The Bertz CT molecular complexity index is 624. The van der Waals surface area contributed by atoms with Gasteiger partial charge in [0.05, 0.1) is 18.3 Å². The molecule has 0 aromatic heterocycles. The topological polar surface area (TPSA) is 80.9 Å². The highest BCUT2D eigenvalue weighted by Gasteiger charge is 2.67. The van der Waals surface area contributed by atoms with Crippen LogP contribution in [0.25, 0.3) is 0 Å². The van der Waals surface area contributed by atoms with Crippen molar-refractivity contribution in [3.63, 3.8) is 0 Å². The van der Waals surface area contributed by atoms with E-state index >= 15 is 0 Å². The molecule has 4 nitrogen and oxygen atoms in total. The first-order chi connectivity index (χ1) is 14.1. The Hall–Kier alpha value is -0.160. The molecule has 0 aromatic rings. The Balaban J connectivity index is 1.65. The molecule has 4 saturated carbocycles. The van der Waals surface area contributed by atoms with E-state index in [4.69, 9.17) is 0 Å². The molecule has 4 aliphatic rings. The van der Waals surface area contributed by atoms with Crippen molar-refractivity contribution in [3.05, 3.63) is 0 Å². The molecular weight excluding hydrogens is 376 g/mol. The highest BCUT2D eigenvalue weighted by Crippen LogP contribution is 2.69. The smallest absolute Gasteiger partial charge is 0.0602 e. The highest BCUT2D eigenvalue weighted by atomic mass is 16.3. The fourth-order valence-electron chi connectivity index (χ4n) is 9.45. The van der Waals surface area contributed by atoms with Gasteiger partial charge in [-0.25, -0.2) is 0 Å². The van der Waals surface area contributed by atoms with Crippen LogP contribution >= 0.6 is 0 Å². The van der Waals surface area contributed by atoms with Crippen molar-refractivity contribution >= 4 is 0 Å². The van der Waals surface area contributed by atoms with Gasteiger partial charge in [-0.3, -0.25) is 0 Å². The Labute approximate surface area is 183 Å². The van der Waals surface area contributed by atoms with Gasteiger partial charge in [-0.1, -0.05) is 34.6 Å². The molecule has 13 atom stereocenters. The lowest BCUT2D eigenvalue weighted by Gasteiger charge is -2.65. The predicted molar refractivity (Wildman–Crippen MR) is 119 cm³/mol. The van der Waals surface area contributed by atoms with Gasteiger partial charge in [0.25, 0.3) is 0 Å². The second-order valence-corrected chi connectivity index (χ2v) is 12.5. The summed E-state index contributed by atoms with van der Waals surface area (Å²) in [7, 11) is 0. The monoisotopic (exact) mass is 422 g/mol. The van der Waals surface area contributed by atoms with E-state index in [1.165, 1.54) is 0 Å². The Morgan fingerprint density at radius 3 is 2.30 bits per heavy atom. The molecule has 4 fully saturated rings. The van der Waals surface area contributed by atoms with Crippen molar-refractivity contribution < 1.29 is 20.4 Å². The van der Waals surface area contributed by atoms with Crippen molar-refractivity contribution in [2.24, 2.45) is 58.2 Å². The Kier molecular flexibility index (Phi) is 6.14.